The standard InChI is InChI=1S/C13H16O2/c1-4-5-8-15-13-7-6-12(11(3)14)9-10(13)2/h1,6-7,9,11,14H,5,8H2,2-3H3. The average molecular weight is 204 g/mol. The van der Waals surface area contributed by atoms with Gasteiger partial charge in [0.15, 0.2) is 0 Å². The summed E-state index contributed by atoms with van der Waals surface area (Å²) in [6, 6.07) is 5.66. The van der Waals surface area contributed by atoms with Gasteiger partial charge in [-0.2, -0.15) is 0 Å². The van der Waals surface area contributed by atoms with Crippen LogP contribution in [-0.2, 0) is 0 Å². The first kappa shape index (κ1) is 11.6. The third-order valence-electron chi connectivity index (χ3n) is 2.19. The molecule has 1 unspecified atom stereocenters. The zero-order chi connectivity index (χ0) is 11.3. The van der Waals surface area contributed by atoms with E-state index < -0.39 is 6.10 Å². The predicted octanol–water partition coefficient (Wildman–Crippen LogP) is 2.45. The number of hydrogen-bond donors (Lipinski definition) is 1. The Morgan fingerprint density at radius 1 is 1.53 bits per heavy atom. The molecule has 0 heterocycles. The largest absolute Gasteiger partial charge is 0.492 e. The van der Waals surface area contributed by atoms with Crippen LogP contribution >= 0.6 is 0 Å². The second kappa shape index (κ2) is 5.43. The summed E-state index contributed by atoms with van der Waals surface area (Å²) in [5.41, 5.74) is 1.92. The van der Waals surface area contributed by atoms with Gasteiger partial charge in [-0.25, -0.2) is 0 Å². The van der Waals surface area contributed by atoms with Crippen molar-refractivity contribution in [3.05, 3.63) is 29.3 Å². The first-order valence-corrected chi connectivity index (χ1v) is 5.00. The van der Waals surface area contributed by atoms with Crippen LogP contribution in [0.5, 0.6) is 5.75 Å². The van der Waals surface area contributed by atoms with Gasteiger partial charge in [-0.3, -0.25) is 0 Å². The average Bonchev–Trinajstić information content (AvgIpc) is 2.20. The zero-order valence-electron chi connectivity index (χ0n) is 9.16. The molecular weight excluding hydrogens is 188 g/mol. The van der Waals surface area contributed by atoms with Crippen LogP contribution in [0.1, 0.15) is 30.6 Å². The van der Waals surface area contributed by atoms with Gasteiger partial charge in [-0.05, 0) is 37.1 Å². The highest BCUT2D eigenvalue weighted by molar-refractivity contribution is 5.36. The molecule has 0 fully saturated rings. The van der Waals surface area contributed by atoms with Crippen molar-refractivity contribution in [1.29, 1.82) is 0 Å². The number of aliphatic hydroxyl groups is 1. The fraction of sp³-hybridized carbons (Fsp3) is 0.385. The molecule has 15 heavy (non-hydrogen) atoms. The molecule has 1 aromatic carbocycles. The highest BCUT2D eigenvalue weighted by atomic mass is 16.5. The molecule has 0 aliphatic heterocycles. The van der Waals surface area contributed by atoms with Crippen LogP contribution in [-0.4, -0.2) is 11.7 Å². The molecule has 1 rings (SSSR count). The molecule has 0 aliphatic rings. The molecule has 0 aliphatic carbocycles. The van der Waals surface area contributed by atoms with Gasteiger partial charge in [-0.1, -0.05) is 6.07 Å². The molecule has 1 atom stereocenters. The van der Waals surface area contributed by atoms with Crippen LogP contribution in [0.25, 0.3) is 0 Å². The molecule has 1 aromatic rings. The molecule has 2 heteroatoms. The van der Waals surface area contributed by atoms with Crippen LogP contribution in [0, 0.1) is 19.3 Å². The highest BCUT2D eigenvalue weighted by Gasteiger charge is 2.04. The van der Waals surface area contributed by atoms with Gasteiger partial charge >= 0.3 is 0 Å². The molecule has 0 saturated carbocycles. The van der Waals surface area contributed by atoms with Crippen LogP contribution in [0.15, 0.2) is 18.2 Å². The molecule has 2 nitrogen and oxygen atoms in total. The summed E-state index contributed by atoms with van der Waals surface area (Å²) >= 11 is 0. The van der Waals surface area contributed by atoms with E-state index in [1.54, 1.807) is 6.92 Å². The molecule has 0 bridgehead atoms. The van der Waals surface area contributed by atoms with Gasteiger partial charge in [0.05, 0.1) is 12.7 Å². The van der Waals surface area contributed by atoms with E-state index in [1.165, 1.54) is 0 Å². The third-order valence-corrected chi connectivity index (χ3v) is 2.19. The molecule has 1 N–H and O–H groups in total. The Bertz CT molecular complexity index is 361. The van der Waals surface area contributed by atoms with Gasteiger partial charge in [0, 0.05) is 6.42 Å². The van der Waals surface area contributed by atoms with E-state index in [-0.39, 0.29) is 0 Å². The smallest absolute Gasteiger partial charge is 0.122 e. The summed E-state index contributed by atoms with van der Waals surface area (Å²) in [5.74, 6) is 3.35. The number of hydrogen-bond acceptors (Lipinski definition) is 2. The monoisotopic (exact) mass is 204 g/mol. The molecular formula is C13H16O2. The Hall–Kier alpha value is -1.46. The highest BCUT2D eigenvalue weighted by Crippen LogP contribution is 2.22. The fourth-order valence-electron chi connectivity index (χ4n) is 1.31. The first-order chi connectivity index (χ1) is 7.15. The summed E-state index contributed by atoms with van der Waals surface area (Å²) in [7, 11) is 0. The van der Waals surface area contributed by atoms with Crippen molar-refractivity contribution in [3.8, 4) is 18.1 Å². The zero-order valence-corrected chi connectivity index (χ0v) is 9.16. The van der Waals surface area contributed by atoms with Gasteiger partial charge in [-0.15, -0.1) is 12.3 Å². The first-order valence-electron chi connectivity index (χ1n) is 5.00. The van der Waals surface area contributed by atoms with Crippen LogP contribution < -0.4 is 4.74 Å². The van der Waals surface area contributed by atoms with Crippen molar-refractivity contribution in [3.63, 3.8) is 0 Å². The van der Waals surface area contributed by atoms with Crippen LogP contribution in [0.2, 0.25) is 0 Å². The Morgan fingerprint density at radius 2 is 2.27 bits per heavy atom. The SMILES string of the molecule is C#CCCOc1ccc(C(C)O)cc1C. The van der Waals surface area contributed by atoms with Crippen molar-refractivity contribution in [2.75, 3.05) is 6.61 Å². The van der Waals surface area contributed by atoms with E-state index in [9.17, 15) is 5.11 Å². The van der Waals surface area contributed by atoms with E-state index in [1.807, 2.05) is 25.1 Å². The number of ether oxygens (including phenoxy) is 1. The van der Waals surface area contributed by atoms with Crippen molar-refractivity contribution in [1.82, 2.24) is 0 Å². The lowest BCUT2D eigenvalue weighted by Crippen LogP contribution is -1.99. The minimum Gasteiger partial charge on any atom is -0.492 e. The van der Waals surface area contributed by atoms with E-state index in [0.717, 1.165) is 16.9 Å². The molecule has 0 radical (unpaired) electrons. The Labute approximate surface area is 90.9 Å². The summed E-state index contributed by atoms with van der Waals surface area (Å²) < 4.78 is 5.49. The predicted molar refractivity (Wildman–Crippen MR) is 60.8 cm³/mol. The van der Waals surface area contributed by atoms with Gasteiger partial charge in [0.1, 0.15) is 5.75 Å². The van der Waals surface area contributed by atoms with E-state index in [4.69, 9.17) is 11.2 Å². The quantitative estimate of drug-likeness (QED) is 0.603. The minimum atomic E-state index is -0.441. The summed E-state index contributed by atoms with van der Waals surface area (Å²) in [5, 5.41) is 9.39. The van der Waals surface area contributed by atoms with E-state index in [0.29, 0.717) is 13.0 Å². The maximum absolute atomic E-state index is 9.39. The van der Waals surface area contributed by atoms with Crippen LogP contribution in [0.3, 0.4) is 0 Å². The van der Waals surface area contributed by atoms with Gasteiger partial charge in [0.25, 0.3) is 0 Å². The second-order valence-corrected chi connectivity index (χ2v) is 3.50. The number of rotatable bonds is 4. The number of aliphatic hydroxyl groups excluding tert-OH is 1. The second-order valence-electron chi connectivity index (χ2n) is 3.50. The number of benzene rings is 1. The topological polar surface area (TPSA) is 29.5 Å². The third kappa shape index (κ3) is 3.30. The van der Waals surface area contributed by atoms with E-state index >= 15 is 0 Å². The molecule has 80 valence electrons. The summed E-state index contributed by atoms with van der Waals surface area (Å²) in [6.07, 6.45) is 5.30. The normalized spacial score (nSPS) is 11.9. The van der Waals surface area contributed by atoms with E-state index in [2.05, 4.69) is 5.92 Å². The van der Waals surface area contributed by atoms with Gasteiger partial charge < -0.3 is 9.84 Å². The Morgan fingerprint density at radius 3 is 2.80 bits per heavy atom. The Kier molecular flexibility index (Phi) is 4.20. The molecule has 0 spiro atoms. The molecule has 0 amide bonds. The van der Waals surface area contributed by atoms with Crippen molar-refractivity contribution >= 4 is 0 Å². The van der Waals surface area contributed by atoms with Gasteiger partial charge in [0.2, 0.25) is 0 Å². The lowest BCUT2D eigenvalue weighted by molar-refractivity contribution is 0.199. The lowest BCUT2D eigenvalue weighted by atomic mass is 10.1. The molecule has 0 aromatic heterocycles. The number of aryl methyl sites for hydroxylation is 1. The lowest BCUT2D eigenvalue weighted by Gasteiger charge is -2.10. The van der Waals surface area contributed by atoms with Crippen molar-refractivity contribution in [2.45, 2.75) is 26.4 Å². The summed E-state index contributed by atoms with van der Waals surface area (Å²) in [6.45, 7) is 4.23. The molecule has 0 saturated heterocycles. The summed E-state index contributed by atoms with van der Waals surface area (Å²) in [4.78, 5) is 0. The Balaban J connectivity index is 2.71. The maximum atomic E-state index is 9.39. The number of terminal acetylenes is 1. The van der Waals surface area contributed by atoms with Crippen molar-refractivity contribution < 1.29 is 9.84 Å². The van der Waals surface area contributed by atoms with Crippen molar-refractivity contribution in [2.24, 2.45) is 0 Å². The van der Waals surface area contributed by atoms with Crippen LogP contribution in [0.4, 0.5) is 0 Å². The fourth-order valence-corrected chi connectivity index (χ4v) is 1.31. The maximum Gasteiger partial charge on any atom is 0.122 e. The minimum absolute atomic E-state index is 0.441.